The normalized spacial score (nSPS) is 14.8. The van der Waals surface area contributed by atoms with Crippen molar-refractivity contribution in [2.24, 2.45) is 0 Å². The van der Waals surface area contributed by atoms with Gasteiger partial charge in [-0.2, -0.15) is 0 Å². The number of sulfonamides is 1. The molecule has 1 saturated heterocycles. The summed E-state index contributed by atoms with van der Waals surface area (Å²) in [4.78, 5) is 28.5. The summed E-state index contributed by atoms with van der Waals surface area (Å²) in [6, 6.07) is 7.72. The maximum atomic E-state index is 14.0. The Balaban J connectivity index is 1.75. The molecule has 0 bridgehead atoms. The van der Waals surface area contributed by atoms with Gasteiger partial charge in [-0.15, -0.1) is 0 Å². The summed E-state index contributed by atoms with van der Waals surface area (Å²) in [5, 5.41) is 0.378. The third kappa shape index (κ3) is 4.85. The van der Waals surface area contributed by atoms with E-state index in [1.54, 1.807) is 0 Å². The average molecular weight is 488 g/mol. The Morgan fingerprint density at radius 1 is 0.903 bits per heavy atom. The SMILES string of the molecule is CN(C)S(=O)(=O)c1ccc(Cl)c(C(=O)N2CCN(C(=O)c3cc(Cl)ccc3F)CC2)c1. The lowest BCUT2D eigenvalue weighted by Gasteiger charge is -2.35. The third-order valence-corrected chi connectivity index (χ3v) is 7.34. The number of benzene rings is 2. The number of amides is 2. The first-order valence-electron chi connectivity index (χ1n) is 9.28. The van der Waals surface area contributed by atoms with Crippen LogP contribution in [0.15, 0.2) is 41.3 Å². The standard InChI is InChI=1S/C20H20Cl2FN3O4S/c1-24(2)31(29,30)14-4-5-17(22)15(12-14)19(27)25-7-9-26(10-8-25)20(28)16-11-13(21)3-6-18(16)23/h3-6,11-12H,7-10H2,1-2H3. The van der Waals surface area contributed by atoms with Crippen molar-refractivity contribution in [1.29, 1.82) is 0 Å². The molecule has 1 aliphatic heterocycles. The number of halogens is 3. The van der Waals surface area contributed by atoms with Crippen LogP contribution in [-0.4, -0.2) is 74.6 Å². The molecule has 166 valence electrons. The van der Waals surface area contributed by atoms with Crippen molar-refractivity contribution in [1.82, 2.24) is 14.1 Å². The molecule has 2 amide bonds. The number of carbonyl (C=O) groups is 2. The predicted octanol–water partition coefficient (Wildman–Crippen LogP) is 2.98. The van der Waals surface area contributed by atoms with Crippen molar-refractivity contribution in [3.63, 3.8) is 0 Å². The van der Waals surface area contributed by atoms with E-state index in [1.165, 1.54) is 54.2 Å². The molecule has 1 aliphatic rings. The molecule has 0 atom stereocenters. The molecular weight excluding hydrogens is 468 g/mol. The Morgan fingerprint density at radius 3 is 2.00 bits per heavy atom. The molecule has 0 N–H and O–H groups in total. The summed E-state index contributed by atoms with van der Waals surface area (Å²) in [7, 11) is -0.947. The molecule has 0 saturated carbocycles. The Labute approximate surface area is 190 Å². The number of piperazine rings is 1. The van der Waals surface area contributed by atoms with Crippen molar-refractivity contribution < 1.29 is 22.4 Å². The van der Waals surface area contributed by atoms with Crippen LogP contribution in [0, 0.1) is 5.82 Å². The number of hydrogen-bond donors (Lipinski definition) is 0. The van der Waals surface area contributed by atoms with Crippen LogP contribution in [0.4, 0.5) is 4.39 Å². The average Bonchev–Trinajstić information content (AvgIpc) is 2.74. The van der Waals surface area contributed by atoms with E-state index in [2.05, 4.69) is 0 Å². The van der Waals surface area contributed by atoms with Crippen LogP contribution in [0.5, 0.6) is 0 Å². The molecule has 3 rings (SSSR count). The molecule has 0 aromatic heterocycles. The van der Waals surface area contributed by atoms with Gasteiger partial charge in [0.05, 0.1) is 21.0 Å². The lowest BCUT2D eigenvalue weighted by Crippen LogP contribution is -2.50. The van der Waals surface area contributed by atoms with Crippen LogP contribution in [0.3, 0.4) is 0 Å². The highest BCUT2D eigenvalue weighted by Gasteiger charge is 2.29. The van der Waals surface area contributed by atoms with Crippen molar-refractivity contribution in [3.05, 3.63) is 63.4 Å². The minimum absolute atomic E-state index is 0.0458. The Bertz CT molecular complexity index is 1130. The number of rotatable bonds is 4. The van der Waals surface area contributed by atoms with Crippen LogP contribution < -0.4 is 0 Å². The number of nitrogens with zero attached hydrogens (tertiary/aromatic N) is 3. The topological polar surface area (TPSA) is 78.0 Å². The molecule has 0 unspecified atom stereocenters. The van der Waals surface area contributed by atoms with Gasteiger partial charge in [0.2, 0.25) is 10.0 Å². The van der Waals surface area contributed by atoms with Crippen molar-refractivity contribution in [3.8, 4) is 0 Å². The van der Waals surface area contributed by atoms with Crippen LogP contribution in [0.2, 0.25) is 10.0 Å². The van der Waals surface area contributed by atoms with Crippen LogP contribution >= 0.6 is 23.2 Å². The fraction of sp³-hybridized carbons (Fsp3) is 0.300. The van der Waals surface area contributed by atoms with Gasteiger partial charge in [-0.25, -0.2) is 17.1 Å². The lowest BCUT2D eigenvalue weighted by molar-refractivity contribution is 0.0532. The van der Waals surface area contributed by atoms with E-state index < -0.39 is 27.7 Å². The number of carbonyl (C=O) groups excluding carboxylic acids is 2. The van der Waals surface area contributed by atoms with E-state index in [0.29, 0.717) is 0 Å². The smallest absolute Gasteiger partial charge is 0.257 e. The quantitative estimate of drug-likeness (QED) is 0.663. The molecule has 11 heteroatoms. The van der Waals surface area contributed by atoms with Gasteiger partial charge in [-0.1, -0.05) is 23.2 Å². The zero-order chi connectivity index (χ0) is 22.9. The fourth-order valence-electron chi connectivity index (χ4n) is 3.15. The molecule has 0 aliphatic carbocycles. The van der Waals surface area contributed by atoms with Gasteiger partial charge >= 0.3 is 0 Å². The van der Waals surface area contributed by atoms with E-state index in [0.717, 1.165) is 10.4 Å². The molecule has 7 nitrogen and oxygen atoms in total. The molecule has 31 heavy (non-hydrogen) atoms. The molecule has 0 spiro atoms. The summed E-state index contributed by atoms with van der Waals surface area (Å²) in [6.45, 7) is 0.745. The second-order valence-electron chi connectivity index (χ2n) is 7.14. The summed E-state index contributed by atoms with van der Waals surface area (Å²) < 4.78 is 39.8. The van der Waals surface area contributed by atoms with E-state index in [4.69, 9.17) is 23.2 Å². The monoisotopic (exact) mass is 487 g/mol. The summed E-state index contributed by atoms with van der Waals surface area (Å²) in [6.07, 6.45) is 0. The molecule has 0 radical (unpaired) electrons. The fourth-order valence-corrected chi connectivity index (χ4v) is 4.45. The van der Waals surface area contributed by atoms with Crippen molar-refractivity contribution in [2.45, 2.75) is 4.90 Å². The molecule has 1 heterocycles. The van der Waals surface area contributed by atoms with Crippen molar-refractivity contribution >= 4 is 45.0 Å². The van der Waals surface area contributed by atoms with Crippen molar-refractivity contribution in [2.75, 3.05) is 40.3 Å². The Kier molecular flexibility index (Phi) is 6.90. The zero-order valence-corrected chi connectivity index (χ0v) is 19.1. The highest BCUT2D eigenvalue weighted by atomic mass is 35.5. The van der Waals surface area contributed by atoms with Gasteiger partial charge in [0.1, 0.15) is 5.82 Å². The highest BCUT2D eigenvalue weighted by Crippen LogP contribution is 2.24. The Morgan fingerprint density at radius 2 is 1.45 bits per heavy atom. The second-order valence-corrected chi connectivity index (χ2v) is 10.1. The largest absolute Gasteiger partial charge is 0.335 e. The van der Waals surface area contributed by atoms with Gasteiger partial charge < -0.3 is 9.80 Å². The molecular formula is C20H20Cl2FN3O4S. The summed E-state index contributed by atoms with van der Waals surface area (Å²) in [5.74, 6) is -1.62. The summed E-state index contributed by atoms with van der Waals surface area (Å²) >= 11 is 12.0. The molecule has 1 fully saturated rings. The van der Waals surface area contributed by atoms with Crippen LogP contribution in [0.25, 0.3) is 0 Å². The van der Waals surface area contributed by atoms with Gasteiger partial charge in [0, 0.05) is 45.3 Å². The highest BCUT2D eigenvalue weighted by molar-refractivity contribution is 7.89. The predicted molar refractivity (Wildman–Crippen MR) is 116 cm³/mol. The first kappa shape index (κ1) is 23.5. The lowest BCUT2D eigenvalue weighted by atomic mass is 10.1. The van der Waals surface area contributed by atoms with Gasteiger partial charge in [0.15, 0.2) is 0 Å². The van der Waals surface area contributed by atoms with Gasteiger partial charge in [-0.3, -0.25) is 9.59 Å². The zero-order valence-electron chi connectivity index (χ0n) is 16.8. The minimum atomic E-state index is -3.73. The maximum Gasteiger partial charge on any atom is 0.257 e. The van der Waals surface area contributed by atoms with E-state index in [1.807, 2.05) is 0 Å². The molecule has 2 aromatic carbocycles. The summed E-state index contributed by atoms with van der Waals surface area (Å²) in [5.41, 5.74) is -0.0674. The van der Waals surface area contributed by atoms with Gasteiger partial charge in [0.25, 0.3) is 11.8 Å². The maximum absolute atomic E-state index is 14.0. The first-order valence-corrected chi connectivity index (χ1v) is 11.5. The molecule has 2 aromatic rings. The Hall–Kier alpha value is -2.20. The van der Waals surface area contributed by atoms with Crippen LogP contribution in [-0.2, 0) is 10.0 Å². The van der Waals surface area contributed by atoms with Crippen LogP contribution in [0.1, 0.15) is 20.7 Å². The second kappa shape index (κ2) is 9.12. The van der Waals surface area contributed by atoms with E-state index >= 15 is 0 Å². The minimum Gasteiger partial charge on any atom is -0.335 e. The third-order valence-electron chi connectivity index (χ3n) is 4.96. The van der Waals surface area contributed by atoms with E-state index in [9.17, 15) is 22.4 Å². The van der Waals surface area contributed by atoms with Gasteiger partial charge in [-0.05, 0) is 36.4 Å². The number of hydrogen-bond acceptors (Lipinski definition) is 4. The first-order chi connectivity index (χ1) is 14.5. The van der Waals surface area contributed by atoms with E-state index in [-0.39, 0.29) is 52.2 Å².